The highest BCUT2D eigenvalue weighted by molar-refractivity contribution is 5.92. The Morgan fingerprint density at radius 3 is 2.55 bits per heavy atom. The van der Waals surface area contributed by atoms with E-state index in [0.29, 0.717) is 6.42 Å². The molecule has 0 radical (unpaired) electrons. The van der Waals surface area contributed by atoms with E-state index in [1.807, 2.05) is 20.8 Å². The van der Waals surface area contributed by atoms with Crippen molar-refractivity contribution in [3.05, 3.63) is 33.6 Å². The van der Waals surface area contributed by atoms with Gasteiger partial charge in [0.2, 0.25) is 0 Å². The van der Waals surface area contributed by atoms with Gasteiger partial charge in [-0.05, 0) is 26.3 Å². The predicted octanol–water partition coefficient (Wildman–Crippen LogP) is 3.12. The number of carbonyl (C=O) groups excluding carboxylic acids is 1. The third-order valence-electron chi connectivity index (χ3n) is 3.04. The van der Waals surface area contributed by atoms with Crippen molar-refractivity contribution in [3.8, 4) is 0 Å². The maximum absolute atomic E-state index is 13.7. The van der Waals surface area contributed by atoms with Gasteiger partial charge in [0.05, 0.1) is 23.7 Å². The molecule has 1 aromatic rings. The number of rotatable bonds is 5. The average molecular weight is 284 g/mol. The van der Waals surface area contributed by atoms with Gasteiger partial charge in [0.1, 0.15) is 11.5 Å². The van der Waals surface area contributed by atoms with Crippen molar-refractivity contribution in [1.29, 1.82) is 0 Å². The molecule has 0 atom stereocenters. The van der Waals surface area contributed by atoms with Crippen molar-refractivity contribution in [3.63, 3.8) is 0 Å². The predicted molar refractivity (Wildman–Crippen MR) is 72.4 cm³/mol. The van der Waals surface area contributed by atoms with E-state index >= 15 is 0 Å². The van der Waals surface area contributed by atoms with Crippen LogP contribution in [-0.2, 0) is 4.74 Å². The number of nitrogens with zero attached hydrogens (tertiary/aromatic N) is 1. The molecule has 0 spiro atoms. The fourth-order valence-electron chi connectivity index (χ4n) is 1.53. The number of esters is 1. The SMILES string of the molecule is CCC(C)(C)Nc1cc(C(=O)OC)c(F)cc1[N+](=O)[O-]. The highest BCUT2D eigenvalue weighted by Crippen LogP contribution is 2.31. The van der Waals surface area contributed by atoms with Crippen LogP contribution in [0.1, 0.15) is 37.6 Å². The van der Waals surface area contributed by atoms with E-state index in [4.69, 9.17) is 0 Å². The van der Waals surface area contributed by atoms with Crippen LogP contribution in [-0.4, -0.2) is 23.5 Å². The van der Waals surface area contributed by atoms with Crippen molar-refractivity contribution in [2.75, 3.05) is 12.4 Å². The van der Waals surface area contributed by atoms with Gasteiger partial charge in [-0.25, -0.2) is 9.18 Å². The van der Waals surface area contributed by atoms with Crippen LogP contribution in [0.4, 0.5) is 15.8 Å². The normalized spacial score (nSPS) is 11.1. The van der Waals surface area contributed by atoms with Crippen LogP contribution in [0.25, 0.3) is 0 Å². The molecule has 20 heavy (non-hydrogen) atoms. The van der Waals surface area contributed by atoms with Crippen LogP contribution in [0.15, 0.2) is 12.1 Å². The van der Waals surface area contributed by atoms with E-state index in [1.165, 1.54) is 0 Å². The van der Waals surface area contributed by atoms with E-state index in [0.717, 1.165) is 19.2 Å². The fourth-order valence-corrected chi connectivity index (χ4v) is 1.53. The maximum Gasteiger partial charge on any atom is 0.340 e. The lowest BCUT2D eigenvalue weighted by atomic mass is 10.0. The summed E-state index contributed by atoms with van der Waals surface area (Å²) in [4.78, 5) is 21.7. The van der Waals surface area contributed by atoms with Gasteiger partial charge in [-0.2, -0.15) is 0 Å². The molecule has 0 aromatic heterocycles. The van der Waals surface area contributed by atoms with Crippen LogP contribution < -0.4 is 5.32 Å². The molecule has 1 N–H and O–H groups in total. The zero-order valence-corrected chi connectivity index (χ0v) is 11.8. The quantitative estimate of drug-likeness (QED) is 0.510. The smallest absolute Gasteiger partial charge is 0.340 e. The zero-order valence-electron chi connectivity index (χ0n) is 11.8. The third-order valence-corrected chi connectivity index (χ3v) is 3.04. The molecule has 1 aromatic carbocycles. The second-order valence-electron chi connectivity index (χ2n) is 4.96. The summed E-state index contributed by atoms with van der Waals surface area (Å²) in [6.07, 6.45) is 0.690. The summed E-state index contributed by atoms with van der Waals surface area (Å²) >= 11 is 0. The minimum Gasteiger partial charge on any atom is -0.465 e. The van der Waals surface area contributed by atoms with Gasteiger partial charge in [0.25, 0.3) is 5.69 Å². The van der Waals surface area contributed by atoms with Crippen molar-refractivity contribution in [2.24, 2.45) is 0 Å². The molecule has 0 aliphatic carbocycles. The topological polar surface area (TPSA) is 81.5 Å². The molecule has 7 heteroatoms. The third kappa shape index (κ3) is 3.43. The van der Waals surface area contributed by atoms with E-state index in [1.54, 1.807) is 0 Å². The second kappa shape index (κ2) is 5.85. The highest BCUT2D eigenvalue weighted by atomic mass is 19.1. The van der Waals surface area contributed by atoms with E-state index in [2.05, 4.69) is 10.1 Å². The monoisotopic (exact) mass is 284 g/mol. The first-order chi connectivity index (χ1) is 9.21. The van der Waals surface area contributed by atoms with Gasteiger partial charge in [0, 0.05) is 5.54 Å². The molecule has 0 saturated carbocycles. The van der Waals surface area contributed by atoms with Crippen LogP contribution >= 0.6 is 0 Å². The van der Waals surface area contributed by atoms with Gasteiger partial charge in [-0.15, -0.1) is 0 Å². The van der Waals surface area contributed by atoms with E-state index in [-0.39, 0.29) is 11.3 Å². The lowest BCUT2D eigenvalue weighted by Gasteiger charge is -2.25. The number of hydrogen-bond acceptors (Lipinski definition) is 5. The van der Waals surface area contributed by atoms with Crippen molar-refractivity contribution >= 4 is 17.3 Å². The molecular formula is C13H17FN2O4. The molecule has 0 saturated heterocycles. The van der Waals surface area contributed by atoms with Gasteiger partial charge in [-0.3, -0.25) is 10.1 Å². The minimum absolute atomic E-state index is 0.0867. The Kier molecular flexibility index (Phi) is 4.65. The minimum atomic E-state index is -0.983. The molecule has 0 amide bonds. The van der Waals surface area contributed by atoms with Crippen molar-refractivity contribution in [2.45, 2.75) is 32.7 Å². The number of halogens is 1. The van der Waals surface area contributed by atoms with E-state index < -0.39 is 27.9 Å². The summed E-state index contributed by atoms with van der Waals surface area (Å²) in [5, 5.41) is 13.9. The molecule has 110 valence electrons. The lowest BCUT2D eigenvalue weighted by molar-refractivity contribution is -0.384. The Morgan fingerprint density at radius 1 is 1.50 bits per heavy atom. The Morgan fingerprint density at radius 2 is 2.10 bits per heavy atom. The Hall–Kier alpha value is -2.18. The molecule has 1 rings (SSSR count). The maximum atomic E-state index is 13.7. The molecule has 6 nitrogen and oxygen atoms in total. The molecule has 0 aliphatic rings. The standard InChI is InChI=1S/C13H17FN2O4/c1-5-13(2,3)15-10-6-8(12(17)20-4)9(14)7-11(10)16(18)19/h6-7,15H,5H2,1-4H3. The number of benzene rings is 1. The Balaban J connectivity index is 3.38. The highest BCUT2D eigenvalue weighted by Gasteiger charge is 2.25. The lowest BCUT2D eigenvalue weighted by Crippen LogP contribution is -2.30. The molecule has 0 bridgehead atoms. The molecule has 0 heterocycles. The second-order valence-corrected chi connectivity index (χ2v) is 4.96. The summed E-state index contributed by atoms with van der Waals surface area (Å²) in [5.41, 5.74) is -1.11. The average Bonchev–Trinajstić information content (AvgIpc) is 2.39. The fraction of sp³-hybridized carbons (Fsp3) is 0.462. The summed E-state index contributed by atoms with van der Waals surface area (Å²) in [6.45, 7) is 5.60. The number of nitrogens with one attached hydrogen (secondary N) is 1. The molecule has 0 aliphatic heterocycles. The van der Waals surface area contributed by atoms with Crippen molar-refractivity contribution in [1.82, 2.24) is 0 Å². The number of anilines is 1. The zero-order chi connectivity index (χ0) is 15.5. The van der Waals surface area contributed by atoms with Crippen LogP contribution in [0, 0.1) is 15.9 Å². The Bertz CT molecular complexity index is 543. The Labute approximate surface area is 116 Å². The summed E-state index contributed by atoms with van der Waals surface area (Å²) in [6, 6.07) is 1.83. The molecule has 0 unspecified atom stereocenters. The number of nitro benzene ring substituents is 1. The first kappa shape index (κ1) is 15.9. The van der Waals surface area contributed by atoms with Gasteiger partial charge in [0.15, 0.2) is 0 Å². The van der Waals surface area contributed by atoms with Crippen LogP contribution in [0.5, 0.6) is 0 Å². The molecule has 0 fully saturated rings. The number of nitro groups is 1. The first-order valence-electron chi connectivity index (χ1n) is 6.06. The number of methoxy groups -OCH3 is 1. The summed E-state index contributed by atoms with van der Waals surface area (Å²) in [5.74, 6) is -1.86. The van der Waals surface area contributed by atoms with Crippen LogP contribution in [0.3, 0.4) is 0 Å². The number of ether oxygens (including phenoxy) is 1. The largest absolute Gasteiger partial charge is 0.465 e. The first-order valence-corrected chi connectivity index (χ1v) is 6.06. The summed E-state index contributed by atoms with van der Waals surface area (Å²) in [7, 11) is 1.12. The number of carbonyl (C=O) groups is 1. The van der Waals surface area contributed by atoms with Gasteiger partial charge < -0.3 is 10.1 Å². The molecular weight excluding hydrogens is 267 g/mol. The van der Waals surface area contributed by atoms with E-state index in [9.17, 15) is 19.3 Å². The van der Waals surface area contributed by atoms with Gasteiger partial charge in [-0.1, -0.05) is 6.92 Å². The summed E-state index contributed by atoms with van der Waals surface area (Å²) < 4.78 is 18.2. The van der Waals surface area contributed by atoms with Crippen molar-refractivity contribution < 1.29 is 18.8 Å². The van der Waals surface area contributed by atoms with Crippen LogP contribution in [0.2, 0.25) is 0 Å². The number of hydrogen-bond donors (Lipinski definition) is 1. The van der Waals surface area contributed by atoms with Gasteiger partial charge >= 0.3 is 5.97 Å².